The van der Waals surface area contributed by atoms with Crippen molar-refractivity contribution in [2.75, 3.05) is 14.2 Å². The SMILES string of the molecule is COC(=O)c1ccc(C(N)c2cn(C3CCCC3)c3ccc(C(=O)OC4CCCC4)cc23)c(OC)c1. The molecule has 1 atom stereocenters. The van der Waals surface area contributed by atoms with Gasteiger partial charge in [-0.15, -0.1) is 0 Å². The molecule has 190 valence electrons. The van der Waals surface area contributed by atoms with E-state index in [2.05, 4.69) is 10.8 Å². The summed E-state index contributed by atoms with van der Waals surface area (Å²) in [6.45, 7) is 0. The van der Waals surface area contributed by atoms with Crippen molar-refractivity contribution in [3.63, 3.8) is 0 Å². The van der Waals surface area contributed by atoms with Crippen LogP contribution in [-0.2, 0) is 9.47 Å². The monoisotopic (exact) mass is 490 g/mol. The molecule has 0 amide bonds. The Hall–Kier alpha value is -3.32. The van der Waals surface area contributed by atoms with E-state index in [1.54, 1.807) is 19.2 Å². The van der Waals surface area contributed by atoms with Gasteiger partial charge in [-0.3, -0.25) is 0 Å². The van der Waals surface area contributed by atoms with Crippen molar-refractivity contribution in [1.82, 2.24) is 4.57 Å². The molecule has 1 heterocycles. The summed E-state index contributed by atoms with van der Waals surface area (Å²) in [6.07, 6.45) is 10.9. The van der Waals surface area contributed by atoms with Gasteiger partial charge in [0.15, 0.2) is 0 Å². The van der Waals surface area contributed by atoms with Crippen LogP contribution in [0.4, 0.5) is 0 Å². The first-order valence-electron chi connectivity index (χ1n) is 12.9. The van der Waals surface area contributed by atoms with Gasteiger partial charge in [0.05, 0.1) is 31.4 Å². The lowest BCUT2D eigenvalue weighted by molar-refractivity contribution is 0.0317. The number of carbonyl (C=O) groups excluding carboxylic acids is 2. The van der Waals surface area contributed by atoms with Gasteiger partial charge in [0, 0.05) is 28.7 Å². The maximum atomic E-state index is 13.0. The van der Waals surface area contributed by atoms with Gasteiger partial charge in [0.1, 0.15) is 11.9 Å². The van der Waals surface area contributed by atoms with Crippen molar-refractivity contribution < 1.29 is 23.8 Å². The van der Waals surface area contributed by atoms with Crippen LogP contribution in [0.25, 0.3) is 10.9 Å². The Morgan fingerprint density at radius 3 is 2.25 bits per heavy atom. The zero-order valence-electron chi connectivity index (χ0n) is 21.0. The number of nitrogens with two attached hydrogens (primary N) is 1. The number of hydrogen-bond donors (Lipinski definition) is 1. The van der Waals surface area contributed by atoms with E-state index < -0.39 is 12.0 Å². The number of aromatic nitrogens is 1. The molecule has 2 fully saturated rings. The van der Waals surface area contributed by atoms with Gasteiger partial charge in [-0.1, -0.05) is 18.9 Å². The standard InChI is InChI=1S/C29H34N2O5/c1-34-26-16-19(28(32)35-2)11-13-22(26)27(30)24-17-31(20-7-3-4-8-20)25-14-12-18(15-23(24)25)29(33)36-21-9-5-6-10-21/h11-17,20-21,27H,3-10,30H2,1-2H3. The van der Waals surface area contributed by atoms with Crippen LogP contribution in [0.3, 0.4) is 0 Å². The van der Waals surface area contributed by atoms with E-state index in [-0.39, 0.29) is 12.1 Å². The molecule has 0 spiro atoms. The highest BCUT2D eigenvalue weighted by molar-refractivity contribution is 5.96. The summed E-state index contributed by atoms with van der Waals surface area (Å²) in [7, 11) is 2.91. The number of nitrogens with zero attached hydrogens (tertiary/aromatic N) is 1. The molecule has 36 heavy (non-hydrogen) atoms. The third-order valence-corrected chi connectivity index (χ3v) is 7.72. The van der Waals surface area contributed by atoms with Crippen LogP contribution in [0.1, 0.15) is 95.3 Å². The van der Waals surface area contributed by atoms with Gasteiger partial charge in [0.25, 0.3) is 0 Å². The van der Waals surface area contributed by atoms with Crippen molar-refractivity contribution in [3.05, 3.63) is 64.8 Å². The van der Waals surface area contributed by atoms with E-state index in [1.807, 2.05) is 24.3 Å². The van der Waals surface area contributed by atoms with E-state index in [1.165, 1.54) is 20.0 Å². The molecule has 2 N–H and O–H groups in total. The maximum absolute atomic E-state index is 13.0. The highest BCUT2D eigenvalue weighted by Crippen LogP contribution is 2.39. The zero-order valence-corrected chi connectivity index (χ0v) is 21.0. The number of fused-ring (bicyclic) bond motifs is 1. The third kappa shape index (κ3) is 4.60. The number of benzene rings is 2. The Kier molecular flexibility index (Phi) is 7.01. The number of esters is 2. The molecular weight excluding hydrogens is 456 g/mol. The molecule has 5 rings (SSSR count). The van der Waals surface area contributed by atoms with E-state index in [0.717, 1.165) is 60.6 Å². The lowest BCUT2D eigenvalue weighted by atomic mass is 9.96. The van der Waals surface area contributed by atoms with Crippen LogP contribution in [0.15, 0.2) is 42.6 Å². The average molecular weight is 491 g/mol. The molecular formula is C29H34N2O5. The predicted octanol–water partition coefficient (Wildman–Crippen LogP) is 5.70. The molecule has 0 aliphatic heterocycles. The number of methoxy groups -OCH3 is 2. The lowest BCUT2D eigenvalue weighted by Crippen LogP contribution is -2.15. The summed E-state index contributed by atoms with van der Waals surface area (Å²) in [6, 6.07) is 10.9. The summed E-state index contributed by atoms with van der Waals surface area (Å²) >= 11 is 0. The van der Waals surface area contributed by atoms with Crippen molar-refractivity contribution in [2.45, 2.75) is 69.6 Å². The average Bonchev–Trinajstić information content (AvgIpc) is 3.68. The fraction of sp³-hybridized carbons (Fsp3) is 0.448. The summed E-state index contributed by atoms with van der Waals surface area (Å²) in [5.41, 5.74) is 10.5. The van der Waals surface area contributed by atoms with E-state index in [4.69, 9.17) is 19.9 Å². The molecule has 0 radical (unpaired) electrons. The number of rotatable bonds is 7. The van der Waals surface area contributed by atoms with Gasteiger partial charge >= 0.3 is 11.9 Å². The van der Waals surface area contributed by atoms with Crippen molar-refractivity contribution in [2.24, 2.45) is 5.73 Å². The maximum Gasteiger partial charge on any atom is 0.338 e. The second kappa shape index (κ2) is 10.3. The van der Waals surface area contributed by atoms with Crippen LogP contribution < -0.4 is 10.5 Å². The van der Waals surface area contributed by atoms with E-state index >= 15 is 0 Å². The second-order valence-electron chi connectivity index (χ2n) is 9.90. The van der Waals surface area contributed by atoms with Crippen LogP contribution in [0.2, 0.25) is 0 Å². The Morgan fingerprint density at radius 1 is 0.889 bits per heavy atom. The summed E-state index contributed by atoms with van der Waals surface area (Å²) in [5, 5.41) is 0.939. The van der Waals surface area contributed by atoms with Crippen LogP contribution >= 0.6 is 0 Å². The number of ether oxygens (including phenoxy) is 3. The minimum Gasteiger partial charge on any atom is -0.496 e. The van der Waals surface area contributed by atoms with Gasteiger partial charge in [-0.2, -0.15) is 0 Å². The minimum absolute atomic E-state index is 0.00981. The Bertz CT molecular complexity index is 1270. The largest absolute Gasteiger partial charge is 0.496 e. The Balaban J connectivity index is 1.56. The molecule has 2 aliphatic carbocycles. The first-order valence-corrected chi connectivity index (χ1v) is 12.9. The number of carbonyl (C=O) groups is 2. The molecule has 1 aromatic heterocycles. The fourth-order valence-electron chi connectivity index (χ4n) is 5.75. The predicted molar refractivity (Wildman–Crippen MR) is 137 cm³/mol. The molecule has 0 bridgehead atoms. The highest BCUT2D eigenvalue weighted by atomic mass is 16.5. The molecule has 0 saturated heterocycles. The van der Waals surface area contributed by atoms with Crippen LogP contribution in [-0.4, -0.2) is 36.8 Å². The summed E-state index contributed by atoms with van der Waals surface area (Å²) in [5.74, 6) is -0.197. The molecule has 7 heteroatoms. The van der Waals surface area contributed by atoms with Crippen molar-refractivity contribution in [3.8, 4) is 5.75 Å². The molecule has 2 saturated carbocycles. The smallest absolute Gasteiger partial charge is 0.338 e. The highest BCUT2D eigenvalue weighted by Gasteiger charge is 2.26. The van der Waals surface area contributed by atoms with Gasteiger partial charge in [-0.25, -0.2) is 9.59 Å². The minimum atomic E-state index is -0.516. The van der Waals surface area contributed by atoms with Gasteiger partial charge in [0.2, 0.25) is 0 Å². The molecule has 7 nitrogen and oxygen atoms in total. The molecule has 2 aromatic carbocycles. The van der Waals surface area contributed by atoms with Crippen LogP contribution in [0.5, 0.6) is 5.75 Å². The van der Waals surface area contributed by atoms with Gasteiger partial charge in [-0.05, 0) is 74.4 Å². The second-order valence-corrected chi connectivity index (χ2v) is 9.90. The van der Waals surface area contributed by atoms with E-state index in [0.29, 0.717) is 22.9 Å². The molecule has 3 aromatic rings. The molecule has 2 aliphatic rings. The zero-order chi connectivity index (χ0) is 25.2. The third-order valence-electron chi connectivity index (χ3n) is 7.72. The lowest BCUT2D eigenvalue weighted by Gasteiger charge is -2.17. The normalized spacial score (nSPS) is 17.4. The summed E-state index contributed by atoms with van der Waals surface area (Å²) in [4.78, 5) is 25.0. The first-order chi connectivity index (χ1) is 17.5. The molecule has 1 unspecified atom stereocenters. The van der Waals surface area contributed by atoms with Crippen molar-refractivity contribution >= 4 is 22.8 Å². The topological polar surface area (TPSA) is 92.8 Å². The quantitative estimate of drug-likeness (QED) is 0.427. The van der Waals surface area contributed by atoms with Gasteiger partial charge < -0.3 is 24.5 Å². The fourth-order valence-corrected chi connectivity index (χ4v) is 5.75. The van der Waals surface area contributed by atoms with Crippen molar-refractivity contribution in [1.29, 1.82) is 0 Å². The van der Waals surface area contributed by atoms with E-state index in [9.17, 15) is 9.59 Å². The summed E-state index contributed by atoms with van der Waals surface area (Å²) < 4.78 is 18.6. The number of hydrogen-bond acceptors (Lipinski definition) is 6. The first kappa shape index (κ1) is 24.4. The Morgan fingerprint density at radius 2 is 1.56 bits per heavy atom. The van der Waals surface area contributed by atoms with Crippen LogP contribution in [0, 0.1) is 0 Å². The Labute approximate surface area is 211 Å².